The van der Waals surface area contributed by atoms with Crippen LogP contribution in [0.3, 0.4) is 0 Å². The van der Waals surface area contributed by atoms with Gasteiger partial charge in [-0.25, -0.2) is 0 Å². The Bertz CT molecular complexity index is 709. The minimum absolute atomic E-state index is 0.0737. The van der Waals surface area contributed by atoms with Gasteiger partial charge in [0.2, 0.25) is 5.91 Å². The highest BCUT2D eigenvalue weighted by atomic mass is 35.5. The van der Waals surface area contributed by atoms with Crippen LogP contribution in [0, 0.1) is 5.92 Å². The number of rotatable bonds is 2. The van der Waals surface area contributed by atoms with E-state index in [0.29, 0.717) is 41.0 Å². The number of nitrogens with two attached hydrogens (primary N) is 1. The van der Waals surface area contributed by atoms with Gasteiger partial charge in [0.15, 0.2) is 5.17 Å². The van der Waals surface area contributed by atoms with E-state index in [1.165, 1.54) is 11.8 Å². The molecule has 5 nitrogen and oxygen atoms in total. The van der Waals surface area contributed by atoms with E-state index in [9.17, 15) is 9.59 Å². The summed E-state index contributed by atoms with van der Waals surface area (Å²) in [5.74, 6) is -0.555. The molecule has 2 heterocycles. The standard InChI is InChI=1S/C16H16ClN3O2S/c17-12-3-1-2-10(8-12)9-13-15(22)19-16(23-13)20-6-4-11(5-7-20)14(18)21/h1-3,8-9,11H,4-7H2,(H2,18,21). The van der Waals surface area contributed by atoms with Crippen LogP contribution in [0.25, 0.3) is 6.08 Å². The Labute approximate surface area is 143 Å². The summed E-state index contributed by atoms with van der Waals surface area (Å²) in [4.78, 5) is 30.0. The number of benzene rings is 1. The first-order valence-electron chi connectivity index (χ1n) is 7.35. The molecule has 0 aromatic heterocycles. The normalized spacial score (nSPS) is 20.9. The molecular formula is C16H16ClN3O2S. The summed E-state index contributed by atoms with van der Waals surface area (Å²) in [6.45, 7) is 1.38. The Morgan fingerprint density at radius 2 is 2.13 bits per heavy atom. The predicted octanol–water partition coefficient (Wildman–Crippen LogP) is 2.51. The third-order valence-electron chi connectivity index (χ3n) is 3.92. The molecule has 3 rings (SSSR count). The molecule has 2 aliphatic rings. The second-order valence-electron chi connectivity index (χ2n) is 5.53. The Balaban J connectivity index is 1.68. The van der Waals surface area contributed by atoms with Crippen LogP contribution in [0.1, 0.15) is 18.4 Å². The molecule has 0 spiro atoms. The summed E-state index contributed by atoms with van der Waals surface area (Å²) in [5, 5.41) is 1.33. The number of carbonyl (C=O) groups excluding carboxylic acids is 2. The number of carbonyl (C=O) groups is 2. The summed E-state index contributed by atoms with van der Waals surface area (Å²) in [5.41, 5.74) is 6.21. The zero-order chi connectivity index (χ0) is 16.4. The first kappa shape index (κ1) is 16.1. The van der Waals surface area contributed by atoms with Crippen LogP contribution in [0.5, 0.6) is 0 Å². The maximum atomic E-state index is 12.1. The maximum absolute atomic E-state index is 12.1. The van der Waals surface area contributed by atoms with Crippen molar-refractivity contribution in [3.8, 4) is 0 Å². The fourth-order valence-corrected chi connectivity index (χ4v) is 3.80. The molecule has 1 aromatic carbocycles. The minimum atomic E-state index is -0.247. The van der Waals surface area contributed by atoms with Gasteiger partial charge in [-0.1, -0.05) is 23.7 Å². The Morgan fingerprint density at radius 3 is 2.78 bits per heavy atom. The van der Waals surface area contributed by atoms with Gasteiger partial charge in [0.1, 0.15) is 0 Å². The number of likely N-dealkylation sites (tertiary alicyclic amines) is 1. The fourth-order valence-electron chi connectivity index (χ4n) is 2.64. The molecule has 7 heteroatoms. The number of hydrogen-bond donors (Lipinski definition) is 1. The number of nitrogens with zero attached hydrogens (tertiary/aromatic N) is 2. The summed E-state index contributed by atoms with van der Waals surface area (Å²) in [6.07, 6.45) is 3.21. The van der Waals surface area contributed by atoms with Crippen molar-refractivity contribution in [2.24, 2.45) is 16.6 Å². The number of hydrogen-bond acceptors (Lipinski definition) is 4. The van der Waals surface area contributed by atoms with Gasteiger partial charge in [-0.2, -0.15) is 4.99 Å². The van der Waals surface area contributed by atoms with Crippen molar-refractivity contribution in [1.82, 2.24) is 4.90 Å². The molecule has 120 valence electrons. The van der Waals surface area contributed by atoms with Crippen LogP contribution in [0.15, 0.2) is 34.2 Å². The van der Waals surface area contributed by atoms with Gasteiger partial charge >= 0.3 is 0 Å². The molecule has 0 saturated carbocycles. The van der Waals surface area contributed by atoms with Crippen LogP contribution in [-0.2, 0) is 9.59 Å². The molecule has 0 aliphatic carbocycles. The third kappa shape index (κ3) is 3.76. The lowest BCUT2D eigenvalue weighted by molar-refractivity contribution is -0.123. The monoisotopic (exact) mass is 349 g/mol. The largest absolute Gasteiger partial charge is 0.369 e. The van der Waals surface area contributed by atoms with Crippen molar-refractivity contribution in [3.05, 3.63) is 39.8 Å². The summed E-state index contributed by atoms with van der Waals surface area (Å²) in [6, 6.07) is 7.33. The number of amidine groups is 1. The summed E-state index contributed by atoms with van der Waals surface area (Å²) >= 11 is 7.32. The predicted molar refractivity (Wildman–Crippen MR) is 93.0 cm³/mol. The zero-order valence-electron chi connectivity index (χ0n) is 12.4. The molecular weight excluding hydrogens is 334 g/mol. The van der Waals surface area contributed by atoms with Crippen LogP contribution >= 0.6 is 23.4 Å². The van der Waals surface area contributed by atoms with Crippen molar-refractivity contribution >= 4 is 46.4 Å². The minimum Gasteiger partial charge on any atom is -0.369 e. The first-order chi connectivity index (χ1) is 11.0. The van der Waals surface area contributed by atoms with Crippen molar-refractivity contribution in [1.29, 1.82) is 0 Å². The second kappa shape index (κ2) is 6.76. The maximum Gasteiger partial charge on any atom is 0.286 e. The van der Waals surface area contributed by atoms with E-state index in [1.807, 2.05) is 17.0 Å². The van der Waals surface area contributed by atoms with Gasteiger partial charge < -0.3 is 10.6 Å². The van der Waals surface area contributed by atoms with Gasteiger partial charge in [0, 0.05) is 24.0 Å². The van der Waals surface area contributed by atoms with Gasteiger partial charge in [-0.05, 0) is 48.4 Å². The Hall–Kier alpha value is -1.79. The van der Waals surface area contributed by atoms with Crippen molar-refractivity contribution in [2.45, 2.75) is 12.8 Å². The highest BCUT2D eigenvalue weighted by Crippen LogP contribution is 2.32. The number of thioether (sulfide) groups is 1. The average Bonchev–Trinajstić information content (AvgIpc) is 2.88. The van der Waals surface area contributed by atoms with Crippen LogP contribution in [-0.4, -0.2) is 35.0 Å². The molecule has 2 N–H and O–H groups in total. The van der Waals surface area contributed by atoms with E-state index < -0.39 is 0 Å². The second-order valence-corrected chi connectivity index (χ2v) is 6.97. The number of aliphatic imine (C=N–C) groups is 1. The van der Waals surface area contributed by atoms with Crippen LogP contribution < -0.4 is 5.73 Å². The molecule has 0 radical (unpaired) electrons. The van der Waals surface area contributed by atoms with E-state index >= 15 is 0 Å². The molecule has 1 aromatic rings. The highest BCUT2D eigenvalue weighted by Gasteiger charge is 2.30. The summed E-state index contributed by atoms with van der Waals surface area (Å²) in [7, 11) is 0. The van der Waals surface area contributed by atoms with Crippen LogP contribution in [0.4, 0.5) is 0 Å². The van der Waals surface area contributed by atoms with Gasteiger partial charge in [-0.15, -0.1) is 0 Å². The van der Waals surface area contributed by atoms with Gasteiger partial charge in [0.05, 0.1) is 4.91 Å². The van der Waals surface area contributed by atoms with E-state index in [0.717, 1.165) is 5.56 Å². The molecule has 0 unspecified atom stereocenters. The fraction of sp³-hybridized carbons (Fsp3) is 0.312. The molecule has 0 atom stereocenters. The van der Waals surface area contributed by atoms with Crippen molar-refractivity contribution in [3.63, 3.8) is 0 Å². The van der Waals surface area contributed by atoms with E-state index in [4.69, 9.17) is 17.3 Å². The van der Waals surface area contributed by atoms with Crippen LogP contribution in [0.2, 0.25) is 5.02 Å². The molecule has 0 bridgehead atoms. The lowest BCUT2D eigenvalue weighted by atomic mass is 9.97. The topological polar surface area (TPSA) is 75.8 Å². The molecule has 1 saturated heterocycles. The number of halogens is 1. The third-order valence-corrected chi connectivity index (χ3v) is 5.20. The molecule has 1 fully saturated rings. The zero-order valence-corrected chi connectivity index (χ0v) is 13.9. The number of primary amides is 1. The SMILES string of the molecule is NC(=O)C1CCN(C2=NC(=O)C(=Cc3cccc(Cl)c3)S2)CC1. The lowest BCUT2D eigenvalue weighted by Crippen LogP contribution is -2.40. The van der Waals surface area contributed by atoms with Crippen molar-refractivity contribution in [2.75, 3.05) is 13.1 Å². The lowest BCUT2D eigenvalue weighted by Gasteiger charge is -2.31. The summed E-state index contributed by atoms with van der Waals surface area (Å²) < 4.78 is 0. The number of piperidine rings is 1. The van der Waals surface area contributed by atoms with E-state index in [2.05, 4.69) is 4.99 Å². The Morgan fingerprint density at radius 1 is 1.39 bits per heavy atom. The average molecular weight is 350 g/mol. The number of amides is 2. The molecule has 2 amide bonds. The van der Waals surface area contributed by atoms with E-state index in [1.54, 1.807) is 18.2 Å². The highest BCUT2D eigenvalue weighted by molar-refractivity contribution is 8.18. The quantitative estimate of drug-likeness (QED) is 0.832. The molecule has 23 heavy (non-hydrogen) atoms. The van der Waals surface area contributed by atoms with E-state index in [-0.39, 0.29) is 17.7 Å². The van der Waals surface area contributed by atoms with Gasteiger partial charge in [0.25, 0.3) is 5.91 Å². The Kier molecular flexibility index (Phi) is 4.73. The first-order valence-corrected chi connectivity index (χ1v) is 8.55. The molecule has 2 aliphatic heterocycles. The van der Waals surface area contributed by atoms with Gasteiger partial charge in [-0.3, -0.25) is 9.59 Å². The smallest absolute Gasteiger partial charge is 0.286 e. The van der Waals surface area contributed by atoms with Crippen molar-refractivity contribution < 1.29 is 9.59 Å².